The lowest BCUT2D eigenvalue weighted by Gasteiger charge is -2.28. The Morgan fingerprint density at radius 1 is 1.50 bits per heavy atom. The highest BCUT2D eigenvalue weighted by Crippen LogP contribution is 2.28. The fraction of sp³-hybridized carbons (Fsp3) is 0.364. The summed E-state index contributed by atoms with van der Waals surface area (Å²) in [6, 6.07) is 5.28. The highest BCUT2D eigenvalue weighted by molar-refractivity contribution is 6.31. The largest absolute Gasteiger partial charge is 0.397 e. The second-order valence-corrected chi connectivity index (χ2v) is 4.33. The zero-order valence-corrected chi connectivity index (χ0v) is 10.2. The molecule has 0 heterocycles. The van der Waals surface area contributed by atoms with Crippen LogP contribution in [0.2, 0.25) is 5.02 Å². The van der Waals surface area contributed by atoms with Crippen LogP contribution in [-0.4, -0.2) is 18.5 Å². The van der Waals surface area contributed by atoms with E-state index >= 15 is 0 Å². The van der Waals surface area contributed by atoms with Gasteiger partial charge in [-0.15, -0.1) is 0 Å². The first-order valence-electron chi connectivity index (χ1n) is 5.01. The lowest BCUT2D eigenvalue weighted by molar-refractivity contribution is -0.116. The summed E-state index contributed by atoms with van der Waals surface area (Å²) in [4.78, 5) is 12.8. The van der Waals surface area contributed by atoms with Crippen LogP contribution in [0.4, 0.5) is 11.4 Å². The van der Waals surface area contributed by atoms with E-state index in [-0.39, 0.29) is 12.6 Å². The molecule has 0 fully saturated rings. The van der Waals surface area contributed by atoms with E-state index in [1.165, 1.54) is 0 Å². The van der Waals surface area contributed by atoms with Gasteiger partial charge in [0.1, 0.15) is 0 Å². The molecule has 0 bridgehead atoms. The van der Waals surface area contributed by atoms with Crippen LogP contribution in [0.25, 0.3) is 0 Å². The number of hydrogen-bond acceptors (Lipinski definition) is 3. The molecule has 0 aliphatic heterocycles. The second kappa shape index (κ2) is 5.07. The average molecular weight is 242 g/mol. The minimum atomic E-state index is -0.395. The van der Waals surface area contributed by atoms with E-state index < -0.39 is 5.91 Å². The first-order chi connectivity index (χ1) is 7.41. The summed E-state index contributed by atoms with van der Waals surface area (Å²) in [7, 11) is 0. The molecule has 4 nitrogen and oxygen atoms in total. The maximum absolute atomic E-state index is 11.0. The summed E-state index contributed by atoms with van der Waals surface area (Å²) in [5.74, 6) is -0.395. The van der Waals surface area contributed by atoms with Crippen molar-refractivity contribution in [3.63, 3.8) is 0 Å². The number of nitrogens with two attached hydrogens (primary N) is 2. The molecule has 0 spiro atoms. The SMILES string of the molecule is CC(C)N(CC(N)=O)c1cc(Cl)ccc1N. The Bertz CT molecular complexity index is 393. The number of nitrogen functional groups attached to an aromatic ring is 1. The number of carbonyl (C=O) groups is 1. The quantitative estimate of drug-likeness (QED) is 0.787. The molecular weight excluding hydrogens is 226 g/mol. The van der Waals surface area contributed by atoms with Crippen molar-refractivity contribution >= 4 is 28.9 Å². The van der Waals surface area contributed by atoms with Crippen molar-refractivity contribution in [2.45, 2.75) is 19.9 Å². The van der Waals surface area contributed by atoms with Gasteiger partial charge in [-0.2, -0.15) is 0 Å². The number of carbonyl (C=O) groups excluding carboxylic acids is 1. The lowest BCUT2D eigenvalue weighted by atomic mass is 10.2. The van der Waals surface area contributed by atoms with Gasteiger partial charge in [0.2, 0.25) is 5.91 Å². The number of hydrogen-bond donors (Lipinski definition) is 2. The van der Waals surface area contributed by atoms with Crippen molar-refractivity contribution in [3.8, 4) is 0 Å². The molecule has 0 saturated carbocycles. The van der Waals surface area contributed by atoms with Crippen molar-refractivity contribution in [2.75, 3.05) is 17.2 Å². The number of rotatable bonds is 4. The number of benzene rings is 1. The Morgan fingerprint density at radius 3 is 2.62 bits per heavy atom. The van der Waals surface area contributed by atoms with E-state index in [1.807, 2.05) is 18.7 Å². The third kappa shape index (κ3) is 3.03. The summed E-state index contributed by atoms with van der Waals surface area (Å²) in [5.41, 5.74) is 12.4. The van der Waals surface area contributed by atoms with Gasteiger partial charge >= 0.3 is 0 Å². The molecule has 0 aliphatic rings. The van der Waals surface area contributed by atoms with Gasteiger partial charge in [0.05, 0.1) is 17.9 Å². The molecule has 1 rings (SSSR count). The van der Waals surface area contributed by atoms with Gasteiger partial charge in [-0.3, -0.25) is 4.79 Å². The third-order valence-corrected chi connectivity index (χ3v) is 2.49. The number of primary amides is 1. The molecular formula is C11H16ClN3O. The van der Waals surface area contributed by atoms with Gasteiger partial charge in [-0.05, 0) is 32.0 Å². The standard InChI is InChI=1S/C11H16ClN3O/c1-7(2)15(6-11(14)16)10-5-8(12)3-4-9(10)13/h3-5,7H,6,13H2,1-2H3,(H2,14,16). The fourth-order valence-corrected chi connectivity index (χ4v) is 1.65. The average Bonchev–Trinajstić information content (AvgIpc) is 2.18. The number of amides is 1. The Labute approximate surface area is 100 Å². The minimum Gasteiger partial charge on any atom is -0.397 e. The second-order valence-electron chi connectivity index (χ2n) is 3.89. The minimum absolute atomic E-state index is 0.119. The summed E-state index contributed by atoms with van der Waals surface area (Å²) in [6.45, 7) is 4.05. The topological polar surface area (TPSA) is 72.3 Å². The van der Waals surface area contributed by atoms with E-state index in [2.05, 4.69) is 0 Å². The van der Waals surface area contributed by atoms with Crippen LogP contribution in [0.1, 0.15) is 13.8 Å². The van der Waals surface area contributed by atoms with Gasteiger partial charge in [0.25, 0.3) is 0 Å². The number of anilines is 2. The molecule has 0 saturated heterocycles. The van der Waals surface area contributed by atoms with Crippen LogP contribution in [0.5, 0.6) is 0 Å². The molecule has 88 valence electrons. The Balaban J connectivity index is 3.09. The molecule has 0 atom stereocenters. The molecule has 1 amide bonds. The van der Waals surface area contributed by atoms with Gasteiger partial charge in [0.15, 0.2) is 0 Å². The fourth-order valence-electron chi connectivity index (χ4n) is 1.48. The van der Waals surface area contributed by atoms with E-state index in [0.29, 0.717) is 10.7 Å². The van der Waals surface area contributed by atoms with E-state index in [4.69, 9.17) is 23.1 Å². The maximum Gasteiger partial charge on any atom is 0.236 e. The van der Waals surface area contributed by atoms with E-state index in [1.54, 1.807) is 18.2 Å². The van der Waals surface area contributed by atoms with Gasteiger partial charge < -0.3 is 16.4 Å². The Morgan fingerprint density at radius 2 is 2.12 bits per heavy atom. The Hall–Kier alpha value is -1.42. The number of nitrogens with zero attached hydrogens (tertiary/aromatic N) is 1. The monoisotopic (exact) mass is 241 g/mol. The van der Waals surface area contributed by atoms with E-state index in [0.717, 1.165) is 5.69 Å². The molecule has 0 unspecified atom stereocenters. The predicted octanol–water partition coefficient (Wildman–Crippen LogP) is 1.62. The molecule has 1 aromatic rings. The first kappa shape index (κ1) is 12.6. The maximum atomic E-state index is 11.0. The van der Waals surface area contributed by atoms with Crippen molar-refractivity contribution < 1.29 is 4.79 Å². The third-order valence-electron chi connectivity index (χ3n) is 2.25. The van der Waals surface area contributed by atoms with Crippen molar-refractivity contribution in [2.24, 2.45) is 5.73 Å². The summed E-state index contributed by atoms with van der Waals surface area (Å²) in [6.07, 6.45) is 0. The van der Waals surface area contributed by atoms with Gasteiger partial charge in [-0.25, -0.2) is 0 Å². The molecule has 5 heteroatoms. The van der Waals surface area contributed by atoms with Crippen molar-refractivity contribution in [1.29, 1.82) is 0 Å². The highest BCUT2D eigenvalue weighted by Gasteiger charge is 2.15. The molecule has 1 aromatic carbocycles. The lowest BCUT2D eigenvalue weighted by Crippen LogP contribution is -2.39. The first-order valence-corrected chi connectivity index (χ1v) is 5.39. The summed E-state index contributed by atoms with van der Waals surface area (Å²) >= 11 is 5.90. The Kier molecular flexibility index (Phi) is 4.01. The smallest absolute Gasteiger partial charge is 0.236 e. The van der Waals surface area contributed by atoms with Crippen molar-refractivity contribution in [3.05, 3.63) is 23.2 Å². The van der Waals surface area contributed by atoms with Crippen LogP contribution >= 0.6 is 11.6 Å². The summed E-state index contributed by atoms with van der Waals surface area (Å²) < 4.78 is 0. The van der Waals surface area contributed by atoms with Gasteiger partial charge in [-0.1, -0.05) is 11.6 Å². The highest BCUT2D eigenvalue weighted by atomic mass is 35.5. The van der Waals surface area contributed by atoms with Crippen molar-refractivity contribution in [1.82, 2.24) is 0 Å². The van der Waals surface area contributed by atoms with Crippen LogP contribution in [0.3, 0.4) is 0 Å². The predicted molar refractivity (Wildman–Crippen MR) is 67.5 cm³/mol. The van der Waals surface area contributed by atoms with Crippen LogP contribution < -0.4 is 16.4 Å². The molecule has 4 N–H and O–H groups in total. The molecule has 0 aromatic heterocycles. The summed E-state index contributed by atoms with van der Waals surface area (Å²) in [5, 5.41) is 0.583. The molecule has 0 aliphatic carbocycles. The van der Waals surface area contributed by atoms with Crippen LogP contribution in [0.15, 0.2) is 18.2 Å². The normalized spacial score (nSPS) is 10.5. The zero-order valence-electron chi connectivity index (χ0n) is 9.40. The zero-order chi connectivity index (χ0) is 12.3. The van der Waals surface area contributed by atoms with Gasteiger partial charge in [0, 0.05) is 11.1 Å². The number of halogens is 1. The molecule has 0 radical (unpaired) electrons. The van der Waals surface area contributed by atoms with E-state index in [9.17, 15) is 4.79 Å². The molecule has 16 heavy (non-hydrogen) atoms. The van der Waals surface area contributed by atoms with Crippen LogP contribution in [0, 0.1) is 0 Å². The van der Waals surface area contributed by atoms with Crippen LogP contribution in [-0.2, 0) is 4.79 Å².